The average molecular weight is 563 g/mol. The molecule has 2 aromatic heterocycles. The Labute approximate surface area is 231 Å². The Bertz CT molecular complexity index is 1360. The highest BCUT2D eigenvalue weighted by atomic mass is 35.5. The van der Waals surface area contributed by atoms with E-state index in [9.17, 15) is 18.3 Å². The minimum Gasteiger partial charge on any atom is -0.400 e. The molecule has 1 aliphatic rings. The molecule has 4 aromatic rings. The van der Waals surface area contributed by atoms with E-state index < -0.39 is 17.3 Å². The zero-order valence-electron chi connectivity index (χ0n) is 22.6. The van der Waals surface area contributed by atoms with Crippen LogP contribution in [-0.2, 0) is 18.2 Å². The summed E-state index contributed by atoms with van der Waals surface area (Å²) in [7, 11) is 1.00. The molecule has 0 radical (unpaired) electrons. The lowest BCUT2D eigenvalue weighted by atomic mass is 9.98. The molecule has 0 saturated carbocycles. The van der Waals surface area contributed by atoms with Gasteiger partial charge in [-0.3, -0.25) is 4.98 Å². The number of nitrogens with one attached hydrogen (secondary N) is 1. The van der Waals surface area contributed by atoms with E-state index in [0.717, 1.165) is 35.9 Å². The number of nitrogen functional groups attached to an aromatic ring is 1. The second-order valence-corrected chi connectivity index (χ2v) is 8.48. The third kappa shape index (κ3) is 6.79. The Kier molecular flexibility index (Phi) is 11.1. The smallest absolute Gasteiger partial charge is 0.400 e. The molecule has 10 heteroatoms. The number of benzene rings is 2. The van der Waals surface area contributed by atoms with Crippen molar-refractivity contribution >= 4 is 17.3 Å². The average Bonchev–Trinajstić information content (AvgIpc) is 3.59. The Morgan fingerprint density at radius 1 is 0.923 bits per heavy atom. The second kappa shape index (κ2) is 13.6. The number of aryl methyl sites for hydroxylation is 1. The van der Waals surface area contributed by atoms with Gasteiger partial charge in [0.05, 0.1) is 23.1 Å². The molecule has 5 N–H and O–H groups in total. The highest BCUT2D eigenvalue weighted by Crippen LogP contribution is 2.42. The number of alkyl halides is 3. The molecule has 39 heavy (non-hydrogen) atoms. The van der Waals surface area contributed by atoms with E-state index in [0.29, 0.717) is 46.3 Å². The van der Waals surface area contributed by atoms with Crippen LogP contribution in [0, 0.1) is 0 Å². The van der Waals surface area contributed by atoms with Crippen LogP contribution in [0.15, 0.2) is 60.9 Å². The number of imidazole rings is 1. The van der Waals surface area contributed by atoms with Crippen molar-refractivity contribution in [2.45, 2.75) is 52.3 Å². The van der Waals surface area contributed by atoms with Gasteiger partial charge in [-0.05, 0) is 60.4 Å². The standard InChI is InChI=1S/C24H18ClF3N4O.2C2H6.CH4O/c25-17-5-6-19(29)18(10-17)15-9-14-7-8-23(33,21(14)30-11-15)22-31-12-20(32-22)13-1-3-16(4-2-13)24(26,27)28;3*1-2/h1-6,9-12,33H,7-8,29H2,(H,31,32);2*1-2H3;2H,1H3. The van der Waals surface area contributed by atoms with Crippen molar-refractivity contribution in [1.29, 1.82) is 0 Å². The maximum atomic E-state index is 12.8. The number of rotatable bonds is 3. The summed E-state index contributed by atoms with van der Waals surface area (Å²) >= 11 is 6.11. The number of aliphatic hydroxyl groups excluding tert-OH is 1. The van der Waals surface area contributed by atoms with E-state index in [1.807, 2.05) is 33.8 Å². The molecule has 0 aliphatic heterocycles. The summed E-state index contributed by atoms with van der Waals surface area (Å²) in [5.41, 5.74) is 8.44. The Balaban J connectivity index is 0.000000833. The number of nitrogens with two attached hydrogens (primary N) is 1. The first-order valence-corrected chi connectivity index (χ1v) is 13.0. The fourth-order valence-corrected chi connectivity index (χ4v) is 4.35. The van der Waals surface area contributed by atoms with Crippen LogP contribution in [0.25, 0.3) is 22.4 Å². The van der Waals surface area contributed by atoms with Crippen molar-refractivity contribution in [2.75, 3.05) is 12.8 Å². The molecule has 2 heterocycles. The normalized spacial score (nSPS) is 15.6. The monoisotopic (exact) mass is 562 g/mol. The van der Waals surface area contributed by atoms with Crippen LogP contribution in [0.1, 0.15) is 56.8 Å². The van der Waals surface area contributed by atoms with Gasteiger partial charge in [0.15, 0.2) is 5.60 Å². The quantitative estimate of drug-likeness (QED) is 0.197. The maximum Gasteiger partial charge on any atom is 0.416 e. The second-order valence-electron chi connectivity index (χ2n) is 8.04. The largest absolute Gasteiger partial charge is 0.416 e. The molecule has 0 amide bonds. The van der Waals surface area contributed by atoms with Crippen LogP contribution in [0.3, 0.4) is 0 Å². The summed E-state index contributed by atoms with van der Waals surface area (Å²) in [6.45, 7) is 8.00. The number of anilines is 1. The summed E-state index contributed by atoms with van der Waals surface area (Å²) in [6, 6.07) is 11.9. The van der Waals surface area contributed by atoms with Gasteiger partial charge in [0.25, 0.3) is 0 Å². The summed E-state index contributed by atoms with van der Waals surface area (Å²) in [5.74, 6) is 0.290. The lowest BCUT2D eigenvalue weighted by Crippen LogP contribution is -2.26. The lowest BCUT2D eigenvalue weighted by molar-refractivity contribution is -0.137. The molecular weight excluding hydrogens is 529 g/mol. The molecular formula is C29H34ClF3N4O2. The third-order valence-corrected chi connectivity index (χ3v) is 6.17. The first kappa shape index (κ1) is 31.8. The zero-order valence-corrected chi connectivity index (χ0v) is 23.3. The van der Waals surface area contributed by atoms with Gasteiger partial charge in [-0.2, -0.15) is 13.2 Å². The zero-order chi connectivity index (χ0) is 29.4. The predicted molar refractivity (Wildman–Crippen MR) is 150 cm³/mol. The predicted octanol–water partition coefficient (Wildman–Crippen LogP) is 7.24. The number of H-pyrrole nitrogens is 1. The molecule has 0 fully saturated rings. The fourth-order valence-electron chi connectivity index (χ4n) is 4.18. The molecule has 1 aliphatic carbocycles. The van der Waals surface area contributed by atoms with E-state index >= 15 is 0 Å². The highest BCUT2D eigenvalue weighted by molar-refractivity contribution is 6.31. The van der Waals surface area contributed by atoms with E-state index in [1.54, 1.807) is 24.4 Å². The van der Waals surface area contributed by atoms with Crippen molar-refractivity contribution in [3.8, 4) is 22.4 Å². The Morgan fingerprint density at radius 2 is 1.56 bits per heavy atom. The number of pyridine rings is 1. The minimum absolute atomic E-state index is 0.290. The number of fused-ring (bicyclic) bond motifs is 1. The van der Waals surface area contributed by atoms with Crippen LogP contribution in [0.4, 0.5) is 18.9 Å². The van der Waals surface area contributed by atoms with Gasteiger partial charge in [0.1, 0.15) is 5.82 Å². The maximum absolute atomic E-state index is 12.8. The number of hydrogen-bond acceptors (Lipinski definition) is 5. The lowest BCUT2D eigenvalue weighted by Gasteiger charge is -2.20. The molecule has 1 unspecified atom stereocenters. The summed E-state index contributed by atoms with van der Waals surface area (Å²) in [4.78, 5) is 11.9. The van der Waals surface area contributed by atoms with Crippen LogP contribution in [-0.4, -0.2) is 32.3 Å². The van der Waals surface area contributed by atoms with E-state index in [2.05, 4.69) is 15.0 Å². The van der Waals surface area contributed by atoms with Gasteiger partial charge in [0, 0.05) is 35.1 Å². The highest BCUT2D eigenvalue weighted by Gasteiger charge is 2.42. The summed E-state index contributed by atoms with van der Waals surface area (Å²) in [6.07, 6.45) is -0.334. The van der Waals surface area contributed by atoms with Gasteiger partial charge in [-0.15, -0.1) is 0 Å². The summed E-state index contributed by atoms with van der Waals surface area (Å²) in [5, 5.41) is 19.0. The number of aromatic amines is 1. The van der Waals surface area contributed by atoms with Gasteiger partial charge in [0.2, 0.25) is 0 Å². The number of hydrogen-bond donors (Lipinski definition) is 4. The molecule has 1 atom stereocenters. The molecule has 6 nitrogen and oxygen atoms in total. The SMILES string of the molecule is CC.CC.CO.Nc1ccc(Cl)cc1-c1cnc2c(c1)CCC2(O)c1ncc(-c2ccc(C(F)(F)F)cc2)[nH]1. The number of aromatic nitrogens is 3. The molecule has 2 aromatic carbocycles. The Morgan fingerprint density at radius 3 is 2.18 bits per heavy atom. The van der Waals surface area contributed by atoms with Crippen LogP contribution in [0.2, 0.25) is 5.02 Å². The Hall–Kier alpha value is -3.40. The van der Waals surface area contributed by atoms with E-state index in [4.69, 9.17) is 22.4 Å². The van der Waals surface area contributed by atoms with Crippen molar-refractivity contribution in [2.24, 2.45) is 0 Å². The van der Waals surface area contributed by atoms with Crippen molar-refractivity contribution in [3.05, 3.63) is 88.6 Å². The van der Waals surface area contributed by atoms with Gasteiger partial charge >= 0.3 is 6.18 Å². The van der Waals surface area contributed by atoms with Crippen LogP contribution >= 0.6 is 11.6 Å². The van der Waals surface area contributed by atoms with Gasteiger partial charge in [-0.25, -0.2) is 4.98 Å². The first-order chi connectivity index (χ1) is 18.6. The molecule has 0 spiro atoms. The number of aliphatic hydroxyl groups is 2. The first-order valence-electron chi connectivity index (χ1n) is 12.6. The van der Waals surface area contributed by atoms with Crippen LogP contribution in [0.5, 0.6) is 0 Å². The van der Waals surface area contributed by atoms with Gasteiger partial charge in [-0.1, -0.05) is 51.4 Å². The van der Waals surface area contributed by atoms with Gasteiger partial charge < -0.3 is 20.9 Å². The molecule has 0 bridgehead atoms. The van der Waals surface area contributed by atoms with Crippen LogP contribution < -0.4 is 5.73 Å². The van der Waals surface area contributed by atoms with E-state index in [-0.39, 0.29) is 0 Å². The third-order valence-electron chi connectivity index (χ3n) is 5.93. The fraction of sp³-hybridized carbons (Fsp3) is 0.310. The molecule has 210 valence electrons. The topological polar surface area (TPSA) is 108 Å². The van der Waals surface area contributed by atoms with E-state index in [1.165, 1.54) is 18.3 Å². The number of nitrogens with zero attached hydrogens (tertiary/aromatic N) is 2. The summed E-state index contributed by atoms with van der Waals surface area (Å²) < 4.78 is 38.5. The molecule has 0 saturated heterocycles. The molecule has 5 rings (SSSR count). The van der Waals surface area contributed by atoms with Crippen molar-refractivity contribution in [1.82, 2.24) is 15.0 Å². The minimum atomic E-state index is -4.40. The van der Waals surface area contributed by atoms with Crippen molar-refractivity contribution in [3.63, 3.8) is 0 Å². The number of halogens is 4. The van der Waals surface area contributed by atoms with Crippen molar-refractivity contribution < 1.29 is 23.4 Å².